The van der Waals surface area contributed by atoms with E-state index in [-0.39, 0.29) is 5.56 Å². The summed E-state index contributed by atoms with van der Waals surface area (Å²) in [6.07, 6.45) is 4.89. The van der Waals surface area contributed by atoms with E-state index >= 15 is 0 Å². The van der Waals surface area contributed by atoms with Crippen molar-refractivity contribution in [3.05, 3.63) is 69.3 Å². The number of unbranched alkanes of at least 4 members (excludes halogenated alkanes) is 1. The minimum Gasteiger partial charge on any atom is -0.496 e. The van der Waals surface area contributed by atoms with Crippen LogP contribution in [0.3, 0.4) is 0 Å². The van der Waals surface area contributed by atoms with Crippen LogP contribution in [0.5, 0.6) is 11.5 Å². The normalized spacial score (nSPS) is 19.5. The largest absolute Gasteiger partial charge is 0.496 e. The van der Waals surface area contributed by atoms with Gasteiger partial charge in [-0.25, -0.2) is 14.8 Å². The summed E-state index contributed by atoms with van der Waals surface area (Å²) < 4.78 is 13.3. The molecule has 0 radical (unpaired) electrons. The number of nitrogens with zero attached hydrogens (tertiary/aromatic N) is 4. The van der Waals surface area contributed by atoms with Gasteiger partial charge in [0, 0.05) is 48.6 Å². The van der Waals surface area contributed by atoms with E-state index in [9.17, 15) is 9.59 Å². The highest BCUT2D eigenvalue weighted by Crippen LogP contribution is 2.46. The molecule has 0 saturated carbocycles. The fourth-order valence-electron chi connectivity index (χ4n) is 5.70. The predicted molar refractivity (Wildman–Crippen MR) is 132 cm³/mol. The van der Waals surface area contributed by atoms with Gasteiger partial charge in [0.1, 0.15) is 17.8 Å². The third kappa shape index (κ3) is 3.76. The van der Waals surface area contributed by atoms with Crippen LogP contribution in [0.15, 0.2) is 52.4 Å². The van der Waals surface area contributed by atoms with Crippen LogP contribution in [0.2, 0.25) is 0 Å². The van der Waals surface area contributed by atoms with E-state index in [2.05, 4.69) is 19.9 Å². The van der Waals surface area contributed by atoms with Crippen LogP contribution in [0.4, 0.5) is 0 Å². The number of hydrogen-bond acceptors (Lipinski definition) is 7. The Kier molecular flexibility index (Phi) is 5.49. The Morgan fingerprint density at radius 1 is 1.11 bits per heavy atom. The Morgan fingerprint density at radius 3 is 2.89 bits per heavy atom. The zero-order chi connectivity index (χ0) is 23.9. The van der Waals surface area contributed by atoms with Gasteiger partial charge in [-0.2, -0.15) is 0 Å². The molecule has 2 atom stereocenters. The van der Waals surface area contributed by atoms with Crippen LogP contribution < -0.4 is 20.7 Å². The third-order valence-electron chi connectivity index (χ3n) is 7.33. The van der Waals surface area contributed by atoms with Crippen molar-refractivity contribution in [3.8, 4) is 11.5 Å². The van der Waals surface area contributed by atoms with Crippen molar-refractivity contribution in [2.75, 3.05) is 33.4 Å². The molecule has 1 saturated heterocycles. The lowest BCUT2D eigenvalue weighted by Crippen LogP contribution is -2.31. The van der Waals surface area contributed by atoms with E-state index in [0.29, 0.717) is 40.2 Å². The fraction of sp³-hybridized carbons (Fsp3) is 0.385. The van der Waals surface area contributed by atoms with Crippen molar-refractivity contribution < 1.29 is 9.47 Å². The van der Waals surface area contributed by atoms with E-state index in [4.69, 9.17) is 9.47 Å². The van der Waals surface area contributed by atoms with E-state index in [1.54, 1.807) is 30.0 Å². The summed E-state index contributed by atoms with van der Waals surface area (Å²) in [5, 5.41) is 1.19. The highest BCUT2D eigenvalue weighted by molar-refractivity contribution is 6.03. The Balaban J connectivity index is 1.17. The minimum atomic E-state index is -0.396. The molecule has 0 aliphatic carbocycles. The monoisotopic (exact) mass is 473 g/mol. The fourth-order valence-corrected chi connectivity index (χ4v) is 5.70. The first kappa shape index (κ1) is 21.8. The van der Waals surface area contributed by atoms with Gasteiger partial charge in [0.05, 0.1) is 30.1 Å². The van der Waals surface area contributed by atoms with Gasteiger partial charge >= 0.3 is 5.69 Å². The van der Waals surface area contributed by atoms with E-state index in [0.717, 1.165) is 50.6 Å². The average molecular weight is 474 g/mol. The van der Waals surface area contributed by atoms with E-state index in [1.165, 1.54) is 11.9 Å². The number of likely N-dealkylation sites (tertiary alicyclic amines) is 1. The maximum atomic E-state index is 12.7. The van der Waals surface area contributed by atoms with Crippen molar-refractivity contribution in [1.82, 2.24) is 24.4 Å². The van der Waals surface area contributed by atoms with Gasteiger partial charge in [-0.1, -0.05) is 6.07 Å². The maximum Gasteiger partial charge on any atom is 0.328 e. The molecule has 2 aliphatic heterocycles. The third-order valence-corrected chi connectivity index (χ3v) is 7.33. The van der Waals surface area contributed by atoms with Crippen molar-refractivity contribution >= 4 is 21.8 Å². The second-order valence-corrected chi connectivity index (χ2v) is 9.34. The van der Waals surface area contributed by atoms with Gasteiger partial charge < -0.3 is 14.4 Å². The number of methoxy groups -OCH3 is 1. The second kappa shape index (κ2) is 8.81. The van der Waals surface area contributed by atoms with Gasteiger partial charge in [0.2, 0.25) is 0 Å². The van der Waals surface area contributed by atoms with Crippen molar-refractivity contribution in [2.45, 2.75) is 25.3 Å². The number of hydrogen-bond donors (Lipinski definition) is 1. The smallest absolute Gasteiger partial charge is 0.328 e. The highest BCUT2D eigenvalue weighted by atomic mass is 16.5. The quantitative estimate of drug-likeness (QED) is 0.339. The molecule has 1 fully saturated rings. The standard InChI is InChI=1S/C26H27N5O4/c1-34-21-5-4-6-22-23(21)19-13-30(12-16(19)14-35-22)9-2-3-10-31-24-17(25(32)29-26(31)33)7-8-20-18(24)11-27-15-28-20/h4-8,11,15-16,19H,2-3,9-10,12-14H2,1H3,(H,29,32,33)/t16-,19+/m0/s1. The molecule has 9 heteroatoms. The zero-order valence-corrected chi connectivity index (χ0v) is 19.6. The molecule has 180 valence electrons. The van der Waals surface area contributed by atoms with Crippen LogP contribution in [0, 0.1) is 5.92 Å². The lowest BCUT2D eigenvalue weighted by atomic mass is 9.86. The van der Waals surface area contributed by atoms with Gasteiger partial charge in [-0.05, 0) is 43.7 Å². The van der Waals surface area contributed by atoms with Crippen LogP contribution >= 0.6 is 0 Å². The number of rotatable bonds is 6. The Hall–Kier alpha value is -3.72. The molecule has 6 rings (SSSR count). The zero-order valence-electron chi connectivity index (χ0n) is 19.6. The molecule has 4 aromatic rings. The van der Waals surface area contributed by atoms with Crippen LogP contribution in [0.1, 0.15) is 24.3 Å². The van der Waals surface area contributed by atoms with E-state index < -0.39 is 5.69 Å². The first-order valence-electron chi connectivity index (χ1n) is 12.0. The Morgan fingerprint density at radius 2 is 2.00 bits per heavy atom. The number of aromatic nitrogens is 4. The SMILES string of the molecule is COc1cccc2c1[C@@H]1CN(CCCCn3c(=O)[nH]c(=O)c4ccc5ncncc5c43)C[C@H]1CO2. The van der Waals surface area contributed by atoms with Gasteiger partial charge in [-0.15, -0.1) is 0 Å². The molecule has 4 heterocycles. The predicted octanol–water partition coefficient (Wildman–Crippen LogP) is 2.53. The Bertz CT molecular complexity index is 1510. The molecule has 2 aromatic carbocycles. The van der Waals surface area contributed by atoms with Crippen molar-refractivity contribution in [2.24, 2.45) is 5.92 Å². The summed E-state index contributed by atoms with van der Waals surface area (Å²) >= 11 is 0. The number of ether oxygens (including phenoxy) is 2. The van der Waals surface area contributed by atoms with Crippen molar-refractivity contribution in [3.63, 3.8) is 0 Å². The molecular weight excluding hydrogens is 446 g/mol. The number of aromatic amines is 1. The number of H-pyrrole nitrogens is 1. The molecule has 9 nitrogen and oxygen atoms in total. The minimum absolute atomic E-state index is 0.385. The molecule has 0 spiro atoms. The number of fused-ring (bicyclic) bond motifs is 6. The number of aryl methyl sites for hydroxylation is 1. The summed E-state index contributed by atoms with van der Waals surface area (Å²) in [5.74, 6) is 2.70. The van der Waals surface area contributed by atoms with Crippen LogP contribution in [-0.2, 0) is 6.54 Å². The molecule has 35 heavy (non-hydrogen) atoms. The lowest BCUT2D eigenvalue weighted by molar-refractivity contribution is 0.209. The molecule has 0 bridgehead atoms. The summed E-state index contributed by atoms with van der Waals surface area (Å²) in [6.45, 7) is 4.16. The number of benzene rings is 2. The first-order chi connectivity index (χ1) is 17.1. The highest BCUT2D eigenvalue weighted by Gasteiger charge is 2.40. The van der Waals surface area contributed by atoms with Gasteiger partial charge in [-0.3, -0.25) is 14.3 Å². The molecule has 0 amide bonds. The number of nitrogens with one attached hydrogen (secondary N) is 1. The Labute approximate surface area is 201 Å². The molecular formula is C26H27N5O4. The first-order valence-corrected chi connectivity index (χ1v) is 12.0. The molecule has 2 aromatic heterocycles. The lowest BCUT2D eigenvalue weighted by Gasteiger charge is -2.29. The molecule has 2 aliphatic rings. The van der Waals surface area contributed by atoms with Gasteiger partial charge in [0.25, 0.3) is 5.56 Å². The van der Waals surface area contributed by atoms with Crippen LogP contribution in [-0.4, -0.2) is 57.8 Å². The summed E-state index contributed by atoms with van der Waals surface area (Å²) in [7, 11) is 1.71. The summed E-state index contributed by atoms with van der Waals surface area (Å²) in [4.78, 5) is 38.5. The van der Waals surface area contributed by atoms with E-state index in [1.807, 2.05) is 18.2 Å². The van der Waals surface area contributed by atoms with Gasteiger partial charge in [0.15, 0.2) is 0 Å². The van der Waals surface area contributed by atoms with Crippen LogP contribution in [0.25, 0.3) is 21.8 Å². The molecule has 1 N–H and O–H groups in total. The average Bonchev–Trinajstić information content (AvgIpc) is 3.30. The summed E-state index contributed by atoms with van der Waals surface area (Å²) in [6, 6.07) is 9.52. The topological polar surface area (TPSA) is 102 Å². The second-order valence-electron chi connectivity index (χ2n) is 9.34. The maximum absolute atomic E-state index is 12.7. The van der Waals surface area contributed by atoms with Crippen molar-refractivity contribution in [1.29, 1.82) is 0 Å². The summed E-state index contributed by atoms with van der Waals surface area (Å²) in [5.41, 5.74) is 1.72. The molecule has 0 unspecified atom stereocenters.